The van der Waals surface area contributed by atoms with E-state index in [0.29, 0.717) is 25.7 Å². The lowest BCUT2D eigenvalue weighted by Gasteiger charge is -2.26. The Balaban J connectivity index is 1.63. The predicted octanol–water partition coefficient (Wildman–Crippen LogP) is 5.13. The van der Waals surface area contributed by atoms with E-state index in [1.54, 1.807) is 0 Å². The summed E-state index contributed by atoms with van der Waals surface area (Å²) < 4.78 is 5.40. The number of unbranched alkanes of at least 4 members (excludes halogenated alkanes) is 1. The molecule has 8 nitrogen and oxygen atoms in total. The van der Waals surface area contributed by atoms with Gasteiger partial charge in [0.2, 0.25) is 5.91 Å². The zero-order valence-electron chi connectivity index (χ0n) is 26.4. The summed E-state index contributed by atoms with van der Waals surface area (Å²) in [6, 6.07) is 18.3. The van der Waals surface area contributed by atoms with Crippen molar-refractivity contribution < 1.29 is 29.0 Å². The fourth-order valence-electron chi connectivity index (χ4n) is 5.73. The number of aliphatic carboxylic acids is 1. The third kappa shape index (κ3) is 13.1. The van der Waals surface area contributed by atoms with E-state index in [0.717, 1.165) is 56.8 Å². The molecule has 1 amide bonds. The molecule has 1 saturated heterocycles. The Morgan fingerprint density at radius 3 is 2.11 bits per heavy atom. The number of nitrogens with zero attached hydrogens (tertiary/aromatic N) is 1. The smallest absolute Gasteiger partial charge is 0.307 e. The molecule has 240 valence electrons. The number of carbonyl (C=O) groups excluding carboxylic acids is 3. The Morgan fingerprint density at radius 1 is 0.864 bits per heavy atom. The van der Waals surface area contributed by atoms with Crippen molar-refractivity contribution in [3.63, 3.8) is 0 Å². The van der Waals surface area contributed by atoms with Crippen LogP contribution in [0.15, 0.2) is 60.7 Å². The van der Waals surface area contributed by atoms with Gasteiger partial charge in [0.05, 0.1) is 25.2 Å². The number of Topliss-reactive ketones (excluding diaryl/α,β-unsaturated/α-hetero) is 2. The highest BCUT2D eigenvalue weighted by Gasteiger charge is 2.31. The maximum absolute atomic E-state index is 13.7. The van der Waals surface area contributed by atoms with Crippen LogP contribution in [-0.2, 0) is 36.8 Å². The van der Waals surface area contributed by atoms with E-state index in [1.165, 1.54) is 0 Å². The number of benzene rings is 2. The van der Waals surface area contributed by atoms with Crippen LogP contribution in [0.2, 0.25) is 0 Å². The van der Waals surface area contributed by atoms with Crippen LogP contribution in [0.1, 0.15) is 69.9 Å². The number of carbonyl (C=O) groups is 4. The number of ketones is 2. The van der Waals surface area contributed by atoms with Crippen LogP contribution in [-0.4, -0.2) is 72.3 Å². The first-order chi connectivity index (χ1) is 21.2. The van der Waals surface area contributed by atoms with Crippen LogP contribution >= 0.6 is 0 Å². The van der Waals surface area contributed by atoms with Gasteiger partial charge in [-0.1, -0.05) is 74.5 Å². The van der Waals surface area contributed by atoms with E-state index in [4.69, 9.17) is 4.74 Å². The lowest BCUT2D eigenvalue weighted by atomic mass is 9.88. The summed E-state index contributed by atoms with van der Waals surface area (Å²) in [4.78, 5) is 54.7. The zero-order chi connectivity index (χ0) is 31.7. The van der Waals surface area contributed by atoms with E-state index in [1.807, 2.05) is 74.5 Å². The number of carboxylic acid groups (broad SMARTS) is 1. The Bertz CT molecular complexity index is 1160. The molecular formula is C36H50N2O6. The van der Waals surface area contributed by atoms with Crippen molar-refractivity contribution in [2.45, 2.75) is 77.7 Å². The second-order valence-electron chi connectivity index (χ2n) is 12.5. The Hall–Kier alpha value is -3.36. The van der Waals surface area contributed by atoms with Crippen LogP contribution in [0.5, 0.6) is 0 Å². The highest BCUT2D eigenvalue weighted by Crippen LogP contribution is 2.20. The molecule has 0 aliphatic carbocycles. The average molecular weight is 607 g/mol. The number of morpholine rings is 1. The Labute approximate surface area is 262 Å². The van der Waals surface area contributed by atoms with Crippen LogP contribution in [0.25, 0.3) is 0 Å². The van der Waals surface area contributed by atoms with Gasteiger partial charge in [0, 0.05) is 38.3 Å². The molecule has 0 bridgehead atoms. The molecule has 44 heavy (non-hydrogen) atoms. The van der Waals surface area contributed by atoms with Gasteiger partial charge in [0.15, 0.2) is 5.78 Å². The lowest BCUT2D eigenvalue weighted by Crippen LogP contribution is -2.45. The van der Waals surface area contributed by atoms with Crippen LogP contribution in [0.3, 0.4) is 0 Å². The van der Waals surface area contributed by atoms with Gasteiger partial charge in [-0.05, 0) is 62.1 Å². The number of hydrogen-bond acceptors (Lipinski definition) is 6. The van der Waals surface area contributed by atoms with E-state index in [-0.39, 0.29) is 42.7 Å². The number of hydrogen-bond donors (Lipinski definition) is 2. The molecule has 3 atom stereocenters. The van der Waals surface area contributed by atoms with Gasteiger partial charge in [-0.2, -0.15) is 0 Å². The van der Waals surface area contributed by atoms with Gasteiger partial charge >= 0.3 is 5.97 Å². The van der Waals surface area contributed by atoms with Gasteiger partial charge in [-0.3, -0.25) is 24.1 Å². The number of rotatable bonds is 20. The third-order valence-electron chi connectivity index (χ3n) is 8.29. The number of ether oxygens (including phenoxy) is 1. The number of carboxylic acids is 1. The van der Waals surface area contributed by atoms with Crippen molar-refractivity contribution in [1.29, 1.82) is 0 Å². The Morgan fingerprint density at radius 2 is 1.50 bits per heavy atom. The topological polar surface area (TPSA) is 113 Å². The van der Waals surface area contributed by atoms with Crippen molar-refractivity contribution >= 4 is 23.4 Å². The van der Waals surface area contributed by atoms with Crippen molar-refractivity contribution in [2.24, 2.45) is 17.8 Å². The summed E-state index contributed by atoms with van der Waals surface area (Å²) in [6.07, 6.45) is 3.86. The molecule has 0 radical (unpaired) electrons. The first-order valence-electron chi connectivity index (χ1n) is 16.2. The largest absolute Gasteiger partial charge is 0.481 e. The van der Waals surface area contributed by atoms with Crippen molar-refractivity contribution in [1.82, 2.24) is 10.2 Å². The lowest BCUT2D eigenvalue weighted by molar-refractivity contribution is -0.144. The SMILES string of the molecule is CC(C)C[C@H](NC(=O)[C@H](CCc1ccccc1)CC(=O)CCCCN1CCOCC1)C(=O)C[C@@H](Cc1ccccc1)C(=O)O. The molecule has 1 aliphatic rings. The first kappa shape index (κ1) is 35.1. The van der Waals surface area contributed by atoms with E-state index in [9.17, 15) is 24.3 Å². The van der Waals surface area contributed by atoms with Gasteiger partial charge < -0.3 is 15.2 Å². The molecule has 2 aromatic rings. The minimum Gasteiger partial charge on any atom is -0.481 e. The molecule has 1 heterocycles. The molecule has 8 heteroatoms. The summed E-state index contributed by atoms with van der Waals surface area (Å²) in [5, 5.41) is 12.8. The minimum absolute atomic E-state index is 0.0562. The van der Waals surface area contributed by atoms with Crippen molar-refractivity contribution in [3.05, 3.63) is 71.8 Å². The Kier molecular flexibility index (Phi) is 15.3. The quantitative estimate of drug-likeness (QED) is 0.201. The van der Waals surface area contributed by atoms with Crippen molar-refractivity contribution in [3.8, 4) is 0 Å². The van der Waals surface area contributed by atoms with Crippen LogP contribution < -0.4 is 5.32 Å². The molecule has 2 aromatic carbocycles. The normalized spacial score (nSPS) is 15.8. The maximum atomic E-state index is 13.7. The number of aryl methyl sites for hydroxylation is 1. The second-order valence-corrected chi connectivity index (χ2v) is 12.5. The minimum atomic E-state index is -1.03. The monoisotopic (exact) mass is 606 g/mol. The first-order valence-corrected chi connectivity index (χ1v) is 16.2. The van der Waals surface area contributed by atoms with E-state index < -0.39 is 23.8 Å². The fourth-order valence-corrected chi connectivity index (χ4v) is 5.73. The second kappa shape index (κ2) is 19.1. The molecule has 3 rings (SSSR count). The predicted molar refractivity (Wildman–Crippen MR) is 171 cm³/mol. The maximum Gasteiger partial charge on any atom is 0.307 e. The molecule has 1 fully saturated rings. The molecule has 2 N–H and O–H groups in total. The van der Waals surface area contributed by atoms with Crippen molar-refractivity contribution in [2.75, 3.05) is 32.8 Å². The van der Waals surface area contributed by atoms with Crippen LogP contribution in [0, 0.1) is 17.8 Å². The molecule has 0 spiro atoms. The van der Waals surface area contributed by atoms with Crippen LogP contribution in [0.4, 0.5) is 0 Å². The molecule has 0 unspecified atom stereocenters. The van der Waals surface area contributed by atoms with E-state index >= 15 is 0 Å². The molecule has 0 aromatic heterocycles. The summed E-state index contributed by atoms with van der Waals surface area (Å²) >= 11 is 0. The highest BCUT2D eigenvalue weighted by atomic mass is 16.5. The standard InChI is InChI=1S/C36H50N2O6/c1-27(2)23-33(34(40)26-31(36(42)43)24-29-13-7-4-8-14-29)37-35(41)30(17-16-28-11-5-3-6-12-28)25-32(39)15-9-10-18-38-19-21-44-22-20-38/h3-8,11-14,27,30-31,33H,9-10,15-26H2,1-2H3,(H,37,41)(H,42,43)/t30-,31-,33+/m1/s1. The average Bonchev–Trinajstić information content (AvgIpc) is 3.01. The summed E-state index contributed by atoms with van der Waals surface area (Å²) in [7, 11) is 0. The van der Waals surface area contributed by atoms with E-state index in [2.05, 4.69) is 10.2 Å². The highest BCUT2D eigenvalue weighted by molar-refractivity contribution is 5.93. The van der Waals surface area contributed by atoms with Gasteiger partial charge in [-0.15, -0.1) is 0 Å². The molecule has 1 aliphatic heterocycles. The zero-order valence-corrected chi connectivity index (χ0v) is 26.4. The number of amides is 1. The van der Waals surface area contributed by atoms with Gasteiger partial charge in [-0.25, -0.2) is 0 Å². The van der Waals surface area contributed by atoms with Gasteiger partial charge in [0.25, 0.3) is 0 Å². The summed E-state index contributed by atoms with van der Waals surface area (Å²) in [5.74, 6) is -2.91. The van der Waals surface area contributed by atoms with Gasteiger partial charge in [0.1, 0.15) is 5.78 Å². The molecular weight excluding hydrogens is 556 g/mol. The fraction of sp³-hybridized carbons (Fsp3) is 0.556. The summed E-state index contributed by atoms with van der Waals surface area (Å²) in [6.45, 7) is 8.23. The summed E-state index contributed by atoms with van der Waals surface area (Å²) in [5.41, 5.74) is 1.94. The molecule has 0 saturated carbocycles. The number of nitrogens with one attached hydrogen (secondary N) is 1. The third-order valence-corrected chi connectivity index (χ3v) is 8.29.